The highest BCUT2D eigenvalue weighted by molar-refractivity contribution is 8.19. The van der Waals surface area contributed by atoms with Crippen LogP contribution in [0.5, 0.6) is 0 Å². The number of nitrogens with one attached hydrogen (secondary N) is 1. The van der Waals surface area contributed by atoms with Crippen molar-refractivity contribution in [3.8, 4) is 0 Å². The predicted molar refractivity (Wildman–Crippen MR) is 137 cm³/mol. The molecule has 0 spiro atoms. The molecule has 1 N–H and O–H groups in total. The quantitative estimate of drug-likeness (QED) is 0.484. The van der Waals surface area contributed by atoms with Gasteiger partial charge in [-0.3, -0.25) is 14.8 Å². The fourth-order valence-corrected chi connectivity index (χ4v) is 6.43. The molecule has 0 saturated carbocycles. The molecule has 33 heavy (non-hydrogen) atoms. The molecule has 2 aliphatic rings. The van der Waals surface area contributed by atoms with E-state index < -0.39 is 0 Å². The number of aryl methyl sites for hydroxylation is 2. The summed E-state index contributed by atoms with van der Waals surface area (Å²) < 4.78 is 0. The highest BCUT2D eigenvalue weighted by Gasteiger charge is 2.39. The first-order valence-corrected chi connectivity index (χ1v) is 12.6. The molecule has 1 fully saturated rings. The summed E-state index contributed by atoms with van der Waals surface area (Å²) in [4.78, 5) is 24.6. The highest BCUT2D eigenvalue weighted by Crippen LogP contribution is 2.50. The number of benzene rings is 2. The van der Waals surface area contributed by atoms with Crippen LogP contribution in [-0.2, 0) is 11.2 Å². The van der Waals surface area contributed by atoms with Gasteiger partial charge in [0.1, 0.15) is 15.6 Å². The number of amidine groups is 1. The fourth-order valence-electron chi connectivity index (χ4n) is 4.02. The molecule has 3 heterocycles. The van der Waals surface area contributed by atoms with Crippen molar-refractivity contribution >= 4 is 46.0 Å². The standard InChI is InChI=1S/C25H25N5OS2/c1-4-29-19-12-8-9-13-20(19)32-24(29)22-23(31)30(15-14-18-10-6-5-7-11-18)25(33-22)26-21-16(2)27-28-17(21)3/h5-13H,4,14-15H2,1-3H3,(H,27,28). The third-order valence-corrected chi connectivity index (χ3v) is 8.12. The molecule has 1 aromatic heterocycles. The number of H-pyrrole nitrogens is 1. The Kier molecular flexibility index (Phi) is 6.03. The van der Waals surface area contributed by atoms with Gasteiger partial charge in [-0.2, -0.15) is 5.10 Å². The van der Waals surface area contributed by atoms with Crippen LogP contribution in [0.25, 0.3) is 0 Å². The molecule has 0 unspecified atom stereocenters. The minimum Gasteiger partial charge on any atom is -0.334 e. The lowest BCUT2D eigenvalue weighted by Crippen LogP contribution is -2.32. The van der Waals surface area contributed by atoms with Crippen molar-refractivity contribution in [3.05, 3.63) is 81.5 Å². The average Bonchev–Trinajstić information content (AvgIpc) is 3.47. The number of aliphatic imine (C=N–C) groups is 1. The van der Waals surface area contributed by atoms with Gasteiger partial charge in [-0.05, 0) is 56.7 Å². The average molecular weight is 476 g/mol. The Morgan fingerprint density at radius 3 is 2.48 bits per heavy atom. The van der Waals surface area contributed by atoms with E-state index in [1.807, 2.05) is 49.1 Å². The van der Waals surface area contributed by atoms with Gasteiger partial charge >= 0.3 is 0 Å². The van der Waals surface area contributed by atoms with E-state index in [9.17, 15) is 4.79 Å². The molecular weight excluding hydrogens is 450 g/mol. The number of fused-ring (bicyclic) bond motifs is 1. The summed E-state index contributed by atoms with van der Waals surface area (Å²) in [5.41, 5.74) is 4.88. The maximum atomic E-state index is 13.7. The number of hydrogen-bond donors (Lipinski definition) is 1. The zero-order valence-electron chi connectivity index (χ0n) is 18.8. The number of para-hydroxylation sites is 1. The lowest BCUT2D eigenvalue weighted by Gasteiger charge is -2.19. The molecule has 8 heteroatoms. The van der Waals surface area contributed by atoms with E-state index in [4.69, 9.17) is 4.99 Å². The van der Waals surface area contributed by atoms with Crippen LogP contribution >= 0.6 is 23.5 Å². The third-order valence-electron chi connectivity index (χ3n) is 5.75. The third kappa shape index (κ3) is 4.09. The largest absolute Gasteiger partial charge is 0.334 e. The van der Waals surface area contributed by atoms with Crippen LogP contribution in [-0.4, -0.2) is 39.3 Å². The van der Waals surface area contributed by atoms with Crippen molar-refractivity contribution < 1.29 is 4.79 Å². The number of aromatic amines is 1. The molecule has 1 saturated heterocycles. The maximum absolute atomic E-state index is 13.7. The van der Waals surface area contributed by atoms with E-state index >= 15 is 0 Å². The molecule has 168 valence electrons. The number of thioether (sulfide) groups is 2. The van der Waals surface area contributed by atoms with Crippen LogP contribution in [0, 0.1) is 13.8 Å². The maximum Gasteiger partial charge on any atom is 0.269 e. The molecule has 6 nitrogen and oxygen atoms in total. The molecule has 1 amide bonds. The second-order valence-corrected chi connectivity index (χ2v) is 9.93. The monoisotopic (exact) mass is 475 g/mol. The molecule has 0 atom stereocenters. The summed E-state index contributed by atoms with van der Waals surface area (Å²) in [6.45, 7) is 7.38. The van der Waals surface area contributed by atoms with Gasteiger partial charge in [0.25, 0.3) is 5.91 Å². The lowest BCUT2D eigenvalue weighted by molar-refractivity contribution is -0.122. The molecule has 0 bridgehead atoms. The highest BCUT2D eigenvalue weighted by atomic mass is 32.2. The minimum absolute atomic E-state index is 0.0160. The van der Waals surface area contributed by atoms with Crippen LogP contribution < -0.4 is 4.90 Å². The van der Waals surface area contributed by atoms with E-state index in [1.54, 1.807) is 11.8 Å². The van der Waals surface area contributed by atoms with Crippen LogP contribution in [0.2, 0.25) is 0 Å². The summed E-state index contributed by atoms with van der Waals surface area (Å²) >= 11 is 3.13. The second kappa shape index (κ2) is 9.11. The fraction of sp³-hybridized carbons (Fsp3) is 0.240. The van der Waals surface area contributed by atoms with Gasteiger partial charge in [0, 0.05) is 18.0 Å². The summed E-state index contributed by atoms with van der Waals surface area (Å²) in [5.74, 6) is 0.0160. The number of nitrogens with zero attached hydrogens (tertiary/aromatic N) is 4. The van der Waals surface area contributed by atoms with Gasteiger partial charge in [0.05, 0.1) is 17.1 Å². The van der Waals surface area contributed by atoms with Crippen molar-refractivity contribution in [1.29, 1.82) is 0 Å². The number of aromatic nitrogens is 2. The normalized spacial score (nSPS) is 19.1. The van der Waals surface area contributed by atoms with E-state index in [-0.39, 0.29) is 5.91 Å². The number of hydrogen-bond acceptors (Lipinski definition) is 6. The van der Waals surface area contributed by atoms with Crippen molar-refractivity contribution in [1.82, 2.24) is 15.1 Å². The van der Waals surface area contributed by atoms with Gasteiger partial charge in [-0.15, -0.1) is 0 Å². The SMILES string of the molecule is CCN1C(=C2SC(=Nc3c(C)n[nH]c3C)N(CCc3ccccc3)C2=O)Sc2ccccc21. The van der Waals surface area contributed by atoms with Crippen LogP contribution in [0.15, 0.2) is 74.4 Å². The Morgan fingerprint density at radius 1 is 1.00 bits per heavy atom. The molecule has 3 aromatic rings. The summed E-state index contributed by atoms with van der Waals surface area (Å²) in [6, 6.07) is 18.6. The van der Waals surface area contributed by atoms with Crippen LogP contribution in [0.1, 0.15) is 23.9 Å². The second-order valence-electron chi connectivity index (χ2n) is 7.92. The zero-order chi connectivity index (χ0) is 22.9. The van der Waals surface area contributed by atoms with E-state index in [0.29, 0.717) is 11.7 Å². The van der Waals surface area contributed by atoms with Gasteiger partial charge < -0.3 is 4.90 Å². The lowest BCUT2D eigenvalue weighted by atomic mass is 10.1. The predicted octanol–water partition coefficient (Wildman–Crippen LogP) is 5.63. The first-order valence-electron chi connectivity index (χ1n) is 11.0. The Labute approximate surface area is 202 Å². The first kappa shape index (κ1) is 21.9. The van der Waals surface area contributed by atoms with E-state index in [1.165, 1.54) is 22.2 Å². The minimum atomic E-state index is 0.0160. The molecule has 2 aromatic carbocycles. The Balaban J connectivity index is 1.53. The van der Waals surface area contributed by atoms with Gasteiger partial charge in [0.15, 0.2) is 5.17 Å². The molecule has 5 rings (SSSR count). The Bertz CT molecular complexity index is 1250. The molecular formula is C25H25N5OS2. The smallest absolute Gasteiger partial charge is 0.269 e. The van der Waals surface area contributed by atoms with Crippen molar-refractivity contribution in [2.24, 2.45) is 4.99 Å². The topological polar surface area (TPSA) is 64.6 Å². The summed E-state index contributed by atoms with van der Waals surface area (Å²) in [7, 11) is 0. The van der Waals surface area contributed by atoms with Gasteiger partial charge in [-0.25, -0.2) is 4.99 Å². The number of amides is 1. The number of carbonyl (C=O) groups is 1. The molecule has 0 radical (unpaired) electrons. The van der Waals surface area contributed by atoms with Crippen molar-refractivity contribution in [2.75, 3.05) is 18.0 Å². The summed E-state index contributed by atoms with van der Waals surface area (Å²) in [6.07, 6.45) is 0.767. The van der Waals surface area contributed by atoms with E-state index in [0.717, 1.165) is 45.7 Å². The van der Waals surface area contributed by atoms with Crippen molar-refractivity contribution in [2.45, 2.75) is 32.1 Å². The molecule has 0 aliphatic carbocycles. The molecule has 2 aliphatic heterocycles. The Hall–Kier alpha value is -2.97. The zero-order valence-corrected chi connectivity index (χ0v) is 20.5. The van der Waals surface area contributed by atoms with Crippen LogP contribution in [0.4, 0.5) is 11.4 Å². The van der Waals surface area contributed by atoms with Gasteiger partial charge in [-0.1, -0.05) is 54.2 Å². The van der Waals surface area contributed by atoms with Gasteiger partial charge in [0.2, 0.25) is 0 Å². The Morgan fingerprint density at radius 2 is 1.76 bits per heavy atom. The van der Waals surface area contributed by atoms with Crippen LogP contribution in [0.3, 0.4) is 0 Å². The number of anilines is 1. The number of rotatable bonds is 5. The first-order chi connectivity index (χ1) is 16.1. The van der Waals surface area contributed by atoms with Crippen molar-refractivity contribution in [3.63, 3.8) is 0 Å². The number of carbonyl (C=O) groups excluding carboxylic acids is 1. The summed E-state index contributed by atoms with van der Waals surface area (Å²) in [5, 5.41) is 8.97. The van der Waals surface area contributed by atoms with E-state index in [2.05, 4.69) is 46.3 Å².